The summed E-state index contributed by atoms with van der Waals surface area (Å²) in [5, 5.41) is 0. The van der Waals surface area contributed by atoms with Crippen molar-refractivity contribution in [3.63, 3.8) is 0 Å². The first-order valence-electron chi connectivity index (χ1n) is 4.49. The van der Waals surface area contributed by atoms with E-state index in [0.717, 1.165) is 0 Å². The third kappa shape index (κ3) is 3.24. The zero-order valence-electron chi connectivity index (χ0n) is 8.99. The SMILES string of the molecule is Cc1cc(C#CC(C)(C)C)sc1C. The number of thiophene rings is 1. The van der Waals surface area contributed by atoms with E-state index in [1.807, 2.05) is 0 Å². The highest BCUT2D eigenvalue weighted by molar-refractivity contribution is 7.12. The van der Waals surface area contributed by atoms with E-state index in [9.17, 15) is 0 Å². The van der Waals surface area contributed by atoms with Crippen molar-refractivity contribution in [1.29, 1.82) is 0 Å². The molecule has 0 N–H and O–H groups in total. The predicted octanol–water partition coefficient (Wildman–Crippen LogP) is 3.76. The third-order valence-corrected chi connectivity index (χ3v) is 2.79. The van der Waals surface area contributed by atoms with Crippen LogP contribution in [0.1, 0.15) is 36.1 Å². The van der Waals surface area contributed by atoms with Crippen molar-refractivity contribution < 1.29 is 0 Å². The van der Waals surface area contributed by atoms with Gasteiger partial charge in [-0.15, -0.1) is 11.3 Å². The van der Waals surface area contributed by atoms with Gasteiger partial charge in [0.1, 0.15) is 0 Å². The highest BCUT2D eigenvalue weighted by atomic mass is 32.1. The van der Waals surface area contributed by atoms with Crippen molar-refractivity contribution >= 4 is 11.3 Å². The first-order valence-corrected chi connectivity index (χ1v) is 5.30. The van der Waals surface area contributed by atoms with Gasteiger partial charge in [-0.1, -0.05) is 11.8 Å². The minimum Gasteiger partial charge on any atom is -0.132 e. The van der Waals surface area contributed by atoms with Gasteiger partial charge in [-0.25, -0.2) is 0 Å². The summed E-state index contributed by atoms with van der Waals surface area (Å²) in [7, 11) is 0. The van der Waals surface area contributed by atoms with Crippen LogP contribution in [0.4, 0.5) is 0 Å². The Balaban J connectivity index is 2.91. The Bertz CT molecular complexity index is 333. The van der Waals surface area contributed by atoms with Crippen LogP contribution in [0.5, 0.6) is 0 Å². The maximum absolute atomic E-state index is 3.24. The standard InChI is InChI=1S/C12H16S/c1-9-8-11(13-10(9)2)6-7-12(3,4)5/h8H,1-5H3. The highest BCUT2D eigenvalue weighted by Crippen LogP contribution is 2.20. The molecule has 70 valence electrons. The van der Waals surface area contributed by atoms with Crippen LogP contribution in [0.25, 0.3) is 0 Å². The molecule has 0 radical (unpaired) electrons. The summed E-state index contributed by atoms with van der Waals surface area (Å²) in [5.41, 5.74) is 1.45. The molecule has 0 unspecified atom stereocenters. The van der Waals surface area contributed by atoms with Gasteiger partial charge in [-0.3, -0.25) is 0 Å². The molecule has 1 aromatic rings. The van der Waals surface area contributed by atoms with E-state index in [4.69, 9.17) is 0 Å². The Labute approximate surface area is 85.0 Å². The molecule has 0 fully saturated rings. The van der Waals surface area contributed by atoms with Gasteiger partial charge in [-0.05, 0) is 46.2 Å². The van der Waals surface area contributed by atoms with Crippen LogP contribution >= 0.6 is 11.3 Å². The lowest BCUT2D eigenvalue weighted by Crippen LogP contribution is -1.98. The molecule has 0 aromatic carbocycles. The first kappa shape index (κ1) is 10.3. The molecule has 0 amide bonds. The average molecular weight is 192 g/mol. The van der Waals surface area contributed by atoms with Crippen LogP contribution in [-0.4, -0.2) is 0 Å². The van der Waals surface area contributed by atoms with E-state index in [0.29, 0.717) is 0 Å². The lowest BCUT2D eigenvalue weighted by Gasteiger charge is -2.06. The van der Waals surface area contributed by atoms with Crippen molar-refractivity contribution in [3.05, 3.63) is 21.4 Å². The molecule has 0 aliphatic heterocycles. The Morgan fingerprint density at radius 1 is 1.23 bits per heavy atom. The van der Waals surface area contributed by atoms with Gasteiger partial charge in [-0.2, -0.15) is 0 Å². The van der Waals surface area contributed by atoms with Crippen molar-refractivity contribution in [2.75, 3.05) is 0 Å². The minimum atomic E-state index is 0.103. The summed E-state index contributed by atoms with van der Waals surface area (Å²) in [6, 6.07) is 2.17. The van der Waals surface area contributed by atoms with Gasteiger partial charge in [0, 0.05) is 10.3 Å². The van der Waals surface area contributed by atoms with Gasteiger partial charge in [0.15, 0.2) is 0 Å². The molecule has 0 aliphatic carbocycles. The number of aryl methyl sites for hydroxylation is 2. The zero-order chi connectivity index (χ0) is 10.1. The Morgan fingerprint density at radius 3 is 2.23 bits per heavy atom. The number of hydrogen-bond donors (Lipinski definition) is 0. The molecule has 1 heteroatoms. The van der Waals surface area contributed by atoms with E-state index in [2.05, 4.69) is 52.5 Å². The van der Waals surface area contributed by atoms with Gasteiger partial charge >= 0.3 is 0 Å². The first-order chi connectivity index (χ1) is 5.88. The normalized spacial score (nSPS) is 10.8. The molecule has 1 heterocycles. The maximum Gasteiger partial charge on any atom is 0.0774 e. The Morgan fingerprint density at radius 2 is 1.85 bits per heavy atom. The van der Waals surface area contributed by atoms with Crippen LogP contribution in [0.2, 0.25) is 0 Å². The summed E-state index contributed by atoms with van der Waals surface area (Å²) in [5.74, 6) is 6.45. The number of hydrogen-bond acceptors (Lipinski definition) is 1. The monoisotopic (exact) mass is 192 g/mol. The fourth-order valence-corrected chi connectivity index (χ4v) is 1.77. The van der Waals surface area contributed by atoms with Crippen molar-refractivity contribution in [3.8, 4) is 11.8 Å². The topological polar surface area (TPSA) is 0 Å². The molecule has 1 rings (SSSR count). The minimum absolute atomic E-state index is 0.103. The second-order valence-electron chi connectivity index (χ2n) is 4.35. The van der Waals surface area contributed by atoms with E-state index >= 15 is 0 Å². The molecule has 0 saturated heterocycles. The smallest absolute Gasteiger partial charge is 0.0774 e. The highest BCUT2D eigenvalue weighted by Gasteiger charge is 2.04. The van der Waals surface area contributed by atoms with E-state index < -0.39 is 0 Å². The Hall–Kier alpha value is -0.740. The second kappa shape index (κ2) is 3.55. The van der Waals surface area contributed by atoms with Crippen LogP contribution in [0, 0.1) is 31.1 Å². The molecular formula is C12H16S. The van der Waals surface area contributed by atoms with E-state index in [1.54, 1.807) is 11.3 Å². The van der Waals surface area contributed by atoms with Gasteiger partial charge in [0.25, 0.3) is 0 Å². The van der Waals surface area contributed by atoms with E-state index in [1.165, 1.54) is 15.3 Å². The summed E-state index contributed by atoms with van der Waals surface area (Å²) < 4.78 is 0. The van der Waals surface area contributed by atoms with Crippen molar-refractivity contribution in [2.45, 2.75) is 34.6 Å². The van der Waals surface area contributed by atoms with Crippen LogP contribution in [-0.2, 0) is 0 Å². The molecule has 0 nitrogen and oxygen atoms in total. The molecule has 1 aromatic heterocycles. The summed E-state index contributed by atoms with van der Waals surface area (Å²) in [4.78, 5) is 2.56. The Kier molecular flexibility index (Phi) is 2.83. The van der Waals surface area contributed by atoms with Crippen LogP contribution < -0.4 is 0 Å². The fourth-order valence-electron chi connectivity index (χ4n) is 0.884. The molecular weight excluding hydrogens is 176 g/mol. The predicted molar refractivity (Wildman–Crippen MR) is 60.1 cm³/mol. The van der Waals surface area contributed by atoms with Gasteiger partial charge in [0.05, 0.1) is 4.88 Å². The quantitative estimate of drug-likeness (QED) is 0.549. The fraction of sp³-hybridized carbons (Fsp3) is 0.500. The molecule has 0 bridgehead atoms. The summed E-state index contributed by atoms with van der Waals surface area (Å²) >= 11 is 1.78. The van der Waals surface area contributed by atoms with Crippen LogP contribution in [0.3, 0.4) is 0 Å². The molecule has 0 spiro atoms. The van der Waals surface area contributed by atoms with E-state index in [-0.39, 0.29) is 5.41 Å². The lowest BCUT2D eigenvalue weighted by atomic mass is 9.98. The second-order valence-corrected chi connectivity index (χ2v) is 5.61. The van der Waals surface area contributed by atoms with Crippen molar-refractivity contribution in [1.82, 2.24) is 0 Å². The number of rotatable bonds is 0. The molecule has 0 aliphatic rings. The lowest BCUT2D eigenvalue weighted by molar-refractivity contribution is 0.571. The molecule has 13 heavy (non-hydrogen) atoms. The largest absolute Gasteiger partial charge is 0.132 e. The summed E-state index contributed by atoms with van der Waals surface area (Å²) in [6.07, 6.45) is 0. The summed E-state index contributed by atoms with van der Waals surface area (Å²) in [6.45, 7) is 10.7. The van der Waals surface area contributed by atoms with Crippen LogP contribution in [0.15, 0.2) is 6.07 Å². The average Bonchev–Trinajstić information content (AvgIpc) is 2.27. The molecule has 0 atom stereocenters. The third-order valence-electron chi connectivity index (χ3n) is 1.73. The maximum atomic E-state index is 3.24. The zero-order valence-corrected chi connectivity index (χ0v) is 9.80. The van der Waals surface area contributed by atoms with Gasteiger partial charge in [0.2, 0.25) is 0 Å². The van der Waals surface area contributed by atoms with Crippen molar-refractivity contribution in [2.24, 2.45) is 5.41 Å². The van der Waals surface area contributed by atoms with Gasteiger partial charge < -0.3 is 0 Å². The molecule has 0 saturated carbocycles.